The Hall–Kier alpha value is -1.16. The minimum absolute atomic E-state index is 0.0465. The average molecular weight is 264 g/mol. The molecular formula is C15H24N2O2. The Balaban J connectivity index is 2.30. The zero-order chi connectivity index (χ0) is 14.0. The van der Waals surface area contributed by atoms with Gasteiger partial charge in [0.15, 0.2) is 0 Å². The maximum atomic E-state index is 12.0. The van der Waals surface area contributed by atoms with E-state index in [1.807, 2.05) is 6.07 Å². The van der Waals surface area contributed by atoms with Crippen LogP contribution in [0.2, 0.25) is 0 Å². The second-order valence-corrected chi connectivity index (χ2v) is 6.18. The number of nitrogens with zero attached hydrogens (tertiary/aromatic N) is 1. The summed E-state index contributed by atoms with van der Waals surface area (Å²) in [5, 5.41) is 6.83. The van der Waals surface area contributed by atoms with Crippen LogP contribution in [-0.2, 0) is 4.74 Å². The van der Waals surface area contributed by atoms with Crippen LogP contribution in [0.1, 0.15) is 70.1 Å². The van der Waals surface area contributed by atoms with Gasteiger partial charge in [-0.15, -0.1) is 0 Å². The molecule has 2 unspecified atom stereocenters. The lowest BCUT2D eigenvalue weighted by Gasteiger charge is -2.35. The number of H-pyrrole nitrogens is 1. The molecule has 1 aliphatic heterocycles. The van der Waals surface area contributed by atoms with Crippen LogP contribution in [0.3, 0.4) is 0 Å². The summed E-state index contributed by atoms with van der Waals surface area (Å²) >= 11 is 0. The van der Waals surface area contributed by atoms with E-state index < -0.39 is 0 Å². The van der Waals surface area contributed by atoms with Crippen molar-refractivity contribution in [3.05, 3.63) is 27.7 Å². The number of ether oxygens (including phenoxy) is 1. The zero-order valence-corrected chi connectivity index (χ0v) is 12.3. The van der Waals surface area contributed by atoms with Crippen LogP contribution in [0.5, 0.6) is 0 Å². The SMILES string of the molecule is CCC(C)c1cc(C2CCOC(C)(C)C2)c(=O)[nH]n1. The van der Waals surface area contributed by atoms with Gasteiger partial charge >= 0.3 is 0 Å². The monoisotopic (exact) mass is 264 g/mol. The smallest absolute Gasteiger partial charge is 0.267 e. The first-order chi connectivity index (χ1) is 8.93. The second kappa shape index (κ2) is 5.45. The average Bonchev–Trinajstić information content (AvgIpc) is 2.37. The second-order valence-electron chi connectivity index (χ2n) is 6.18. The van der Waals surface area contributed by atoms with E-state index >= 15 is 0 Å². The Kier molecular flexibility index (Phi) is 4.09. The predicted octanol–water partition coefficient (Wildman–Crippen LogP) is 2.96. The third-order valence-electron chi connectivity index (χ3n) is 4.11. The molecule has 2 heterocycles. The Labute approximate surface area is 114 Å². The molecule has 1 aromatic heterocycles. The van der Waals surface area contributed by atoms with Gasteiger partial charge in [-0.2, -0.15) is 5.10 Å². The molecule has 2 rings (SSSR count). The van der Waals surface area contributed by atoms with E-state index in [2.05, 4.69) is 37.9 Å². The van der Waals surface area contributed by atoms with Crippen LogP contribution < -0.4 is 5.56 Å². The summed E-state index contributed by atoms with van der Waals surface area (Å²) in [5.41, 5.74) is 1.67. The molecule has 0 spiro atoms. The lowest BCUT2D eigenvalue weighted by Crippen LogP contribution is -2.35. The number of aromatic amines is 1. The molecule has 1 aliphatic rings. The fourth-order valence-corrected chi connectivity index (χ4v) is 2.70. The van der Waals surface area contributed by atoms with Crippen LogP contribution in [0.15, 0.2) is 10.9 Å². The normalized spacial score (nSPS) is 24.1. The quantitative estimate of drug-likeness (QED) is 0.913. The van der Waals surface area contributed by atoms with Crippen molar-refractivity contribution in [3.8, 4) is 0 Å². The Morgan fingerprint density at radius 3 is 2.95 bits per heavy atom. The molecule has 106 valence electrons. The first-order valence-corrected chi connectivity index (χ1v) is 7.16. The van der Waals surface area contributed by atoms with E-state index in [9.17, 15) is 4.79 Å². The highest BCUT2D eigenvalue weighted by molar-refractivity contribution is 5.21. The van der Waals surface area contributed by atoms with Gasteiger partial charge in [-0.05, 0) is 51.0 Å². The summed E-state index contributed by atoms with van der Waals surface area (Å²) in [6.07, 6.45) is 2.83. The molecule has 0 radical (unpaired) electrons. The van der Waals surface area contributed by atoms with Crippen LogP contribution in [0.25, 0.3) is 0 Å². The molecule has 0 aromatic carbocycles. The van der Waals surface area contributed by atoms with Crippen molar-refractivity contribution in [3.63, 3.8) is 0 Å². The lowest BCUT2D eigenvalue weighted by molar-refractivity contribution is -0.0594. The van der Waals surface area contributed by atoms with E-state index in [1.54, 1.807) is 0 Å². The third-order valence-corrected chi connectivity index (χ3v) is 4.11. The Bertz CT molecular complexity index is 493. The molecule has 1 N–H and O–H groups in total. The molecule has 1 aromatic rings. The highest BCUT2D eigenvalue weighted by Gasteiger charge is 2.31. The van der Waals surface area contributed by atoms with Crippen molar-refractivity contribution in [2.45, 2.75) is 64.4 Å². The summed E-state index contributed by atoms with van der Waals surface area (Å²) < 4.78 is 5.73. The van der Waals surface area contributed by atoms with Gasteiger partial charge in [0.25, 0.3) is 5.56 Å². The van der Waals surface area contributed by atoms with Crippen molar-refractivity contribution in [2.24, 2.45) is 0 Å². The van der Waals surface area contributed by atoms with Crippen molar-refractivity contribution >= 4 is 0 Å². The number of aromatic nitrogens is 2. The van der Waals surface area contributed by atoms with Crippen molar-refractivity contribution in [1.82, 2.24) is 10.2 Å². The first-order valence-electron chi connectivity index (χ1n) is 7.16. The van der Waals surface area contributed by atoms with Gasteiger partial charge in [-0.3, -0.25) is 4.79 Å². The summed E-state index contributed by atoms with van der Waals surface area (Å²) in [6, 6.07) is 2.00. The van der Waals surface area contributed by atoms with Crippen molar-refractivity contribution < 1.29 is 4.74 Å². The zero-order valence-electron chi connectivity index (χ0n) is 12.3. The number of hydrogen-bond donors (Lipinski definition) is 1. The number of nitrogens with one attached hydrogen (secondary N) is 1. The molecule has 0 aliphatic carbocycles. The van der Waals surface area contributed by atoms with E-state index in [0.717, 1.165) is 37.1 Å². The van der Waals surface area contributed by atoms with Crippen LogP contribution in [0.4, 0.5) is 0 Å². The fraction of sp³-hybridized carbons (Fsp3) is 0.733. The molecular weight excluding hydrogens is 240 g/mol. The van der Waals surface area contributed by atoms with E-state index in [-0.39, 0.29) is 17.1 Å². The molecule has 2 atom stereocenters. The Morgan fingerprint density at radius 2 is 2.32 bits per heavy atom. The molecule has 1 saturated heterocycles. The molecule has 19 heavy (non-hydrogen) atoms. The van der Waals surface area contributed by atoms with Gasteiger partial charge < -0.3 is 4.74 Å². The maximum Gasteiger partial charge on any atom is 0.267 e. The number of rotatable bonds is 3. The first kappa shape index (κ1) is 14.3. The van der Waals surface area contributed by atoms with Crippen molar-refractivity contribution in [1.29, 1.82) is 0 Å². The van der Waals surface area contributed by atoms with E-state index in [1.165, 1.54) is 0 Å². The third kappa shape index (κ3) is 3.24. The van der Waals surface area contributed by atoms with Gasteiger partial charge in [-0.25, -0.2) is 5.10 Å². The topological polar surface area (TPSA) is 55.0 Å². The predicted molar refractivity (Wildman–Crippen MR) is 75.6 cm³/mol. The van der Waals surface area contributed by atoms with Gasteiger partial charge in [-0.1, -0.05) is 13.8 Å². The highest BCUT2D eigenvalue weighted by atomic mass is 16.5. The minimum atomic E-state index is -0.144. The fourth-order valence-electron chi connectivity index (χ4n) is 2.70. The van der Waals surface area contributed by atoms with Crippen LogP contribution in [0, 0.1) is 0 Å². The van der Waals surface area contributed by atoms with Crippen LogP contribution in [-0.4, -0.2) is 22.4 Å². The standard InChI is InChI=1S/C15H24N2O2/c1-5-10(2)13-8-12(14(18)17-16-13)11-6-7-19-15(3,4)9-11/h8,10-11H,5-7,9H2,1-4H3,(H,17,18). The largest absolute Gasteiger partial charge is 0.376 e. The molecule has 4 heteroatoms. The molecule has 0 bridgehead atoms. The molecule has 0 amide bonds. The highest BCUT2D eigenvalue weighted by Crippen LogP contribution is 2.34. The maximum absolute atomic E-state index is 12.0. The van der Waals surface area contributed by atoms with Crippen molar-refractivity contribution in [2.75, 3.05) is 6.61 Å². The van der Waals surface area contributed by atoms with E-state index in [4.69, 9.17) is 4.74 Å². The minimum Gasteiger partial charge on any atom is -0.376 e. The molecule has 4 nitrogen and oxygen atoms in total. The number of hydrogen-bond acceptors (Lipinski definition) is 3. The van der Waals surface area contributed by atoms with Gasteiger partial charge in [0.2, 0.25) is 0 Å². The van der Waals surface area contributed by atoms with Gasteiger partial charge in [0, 0.05) is 12.2 Å². The van der Waals surface area contributed by atoms with Gasteiger partial charge in [0.1, 0.15) is 0 Å². The van der Waals surface area contributed by atoms with Gasteiger partial charge in [0.05, 0.1) is 11.3 Å². The summed E-state index contributed by atoms with van der Waals surface area (Å²) in [4.78, 5) is 12.0. The van der Waals surface area contributed by atoms with E-state index in [0.29, 0.717) is 5.92 Å². The molecule has 1 fully saturated rings. The summed E-state index contributed by atoms with van der Waals surface area (Å²) in [6.45, 7) is 9.17. The summed E-state index contributed by atoms with van der Waals surface area (Å²) in [5.74, 6) is 0.654. The lowest BCUT2D eigenvalue weighted by atomic mass is 9.83. The molecule has 0 saturated carbocycles. The van der Waals surface area contributed by atoms with Crippen LogP contribution >= 0.6 is 0 Å². The Morgan fingerprint density at radius 1 is 1.58 bits per heavy atom. The summed E-state index contributed by atoms with van der Waals surface area (Å²) in [7, 11) is 0.